The van der Waals surface area contributed by atoms with E-state index in [0.717, 1.165) is 28.8 Å². The van der Waals surface area contributed by atoms with Crippen LogP contribution in [0, 0.1) is 0 Å². The van der Waals surface area contributed by atoms with Crippen molar-refractivity contribution in [2.24, 2.45) is 5.73 Å². The fourth-order valence-electron chi connectivity index (χ4n) is 1.96. The molecule has 4 heteroatoms. The molecule has 0 unspecified atom stereocenters. The molecular formula is C14H19N3O. The molecule has 0 saturated heterocycles. The molecule has 0 radical (unpaired) electrons. The summed E-state index contributed by atoms with van der Waals surface area (Å²) < 4.78 is 5.09. The van der Waals surface area contributed by atoms with Gasteiger partial charge in [0, 0.05) is 38.2 Å². The van der Waals surface area contributed by atoms with Crippen molar-refractivity contribution in [2.75, 3.05) is 32.2 Å². The Morgan fingerprint density at radius 2 is 2.11 bits per heavy atom. The van der Waals surface area contributed by atoms with E-state index in [1.165, 1.54) is 0 Å². The molecule has 4 nitrogen and oxygen atoms in total. The zero-order valence-corrected chi connectivity index (χ0v) is 10.9. The number of benzene rings is 1. The SMILES string of the molecule is COCCN(C)c1nc2ccccc2cc1CN. The van der Waals surface area contributed by atoms with Gasteiger partial charge in [-0.25, -0.2) is 4.98 Å². The predicted molar refractivity (Wildman–Crippen MR) is 74.8 cm³/mol. The lowest BCUT2D eigenvalue weighted by Gasteiger charge is -2.21. The lowest BCUT2D eigenvalue weighted by molar-refractivity contribution is 0.206. The largest absolute Gasteiger partial charge is 0.383 e. The molecule has 2 rings (SSSR count). The number of ether oxygens (including phenoxy) is 1. The van der Waals surface area contributed by atoms with Gasteiger partial charge in [0.2, 0.25) is 0 Å². The average Bonchev–Trinajstić information content (AvgIpc) is 2.43. The van der Waals surface area contributed by atoms with Gasteiger partial charge in [-0.15, -0.1) is 0 Å². The van der Waals surface area contributed by atoms with Crippen molar-refractivity contribution >= 4 is 16.7 Å². The Morgan fingerprint density at radius 3 is 2.83 bits per heavy atom. The highest BCUT2D eigenvalue weighted by Crippen LogP contribution is 2.22. The third kappa shape index (κ3) is 2.60. The van der Waals surface area contributed by atoms with Crippen molar-refractivity contribution < 1.29 is 4.74 Å². The van der Waals surface area contributed by atoms with Crippen LogP contribution in [0.15, 0.2) is 30.3 Å². The lowest BCUT2D eigenvalue weighted by Crippen LogP contribution is -2.25. The van der Waals surface area contributed by atoms with E-state index in [0.29, 0.717) is 13.2 Å². The van der Waals surface area contributed by atoms with Gasteiger partial charge < -0.3 is 15.4 Å². The van der Waals surface area contributed by atoms with Gasteiger partial charge in [0.1, 0.15) is 5.82 Å². The Bertz CT molecular complexity index is 527. The third-order valence-corrected chi connectivity index (χ3v) is 2.99. The number of nitrogens with two attached hydrogens (primary N) is 1. The van der Waals surface area contributed by atoms with Gasteiger partial charge >= 0.3 is 0 Å². The van der Waals surface area contributed by atoms with Crippen LogP contribution in [-0.2, 0) is 11.3 Å². The maximum absolute atomic E-state index is 5.81. The summed E-state index contributed by atoms with van der Waals surface area (Å²) in [6.07, 6.45) is 0. The van der Waals surface area contributed by atoms with Crippen molar-refractivity contribution in [2.45, 2.75) is 6.54 Å². The molecule has 1 aromatic carbocycles. The molecule has 96 valence electrons. The number of anilines is 1. The van der Waals surface area contributed by atoms with Crippen molar-refractivity contribution in [1.29, 1.82) is 0 Å². The zero-order valence-electron chi connectivity index (χ0n) is 10.9. The highest BCUT2D eigenvalue weighted by atomic mass is 16.5. The van der Waals surface area contributed by atoms with E-state index in [1.54, 1.807) is 7.11 Å². The number of fused-ring (bicyclic) bond motifs is 1. The normalized spacial score (nSPS) is 10.8. The summed E-state index contributed by atoms with van der Waals surface area (Å²) >= 11 is 0. The van der Waals surface area contributed by atoms with Crippen LogP contribution in [0.1, 0.15) is 5.56 Å². The van der Waals surface area contributed by atoms with E-state index >= 15 is 0 Å². The fourth-order valence-corrected chi connectivity index (χ4v) is 1.96. The summed E-state index contributed by atoms with van der Waals surface area (Å²) in [5.41, 5.74) is 7.87. The Morgan fingerprint density at radius 1 is 1.33 bits per heavy atom. The van der Waals surface area contributed by atoms with Crippen molar-refractivity contribution in [3.63, 3.8) is 0 Å². The maximum Gasteiger partial charge on any atom is 0.133 e. The Kier molecular flexibility index (Phi) is 4.12. The Labute approximate surface area is 107 Å². The second kappa shape index (κ2) is 5.80. The molecule has 0 amide bonds. The van der Waals surface area contributed by atoms with E-state index in [9.17, 15) is 0 Å². The van der Waals surface area contributed by atoms with E-state index in [-0.39, 0.29) is 0 Å². The zero-order chi connectivity index (χ0) is 13.0. The van der Waals surface area contributed by atoms with E-state index < -0.39 is 0 Å². The lowest BCUT2D eigenvalue weighted by atomic mass is 10.1. The van der Waals surface area contributed by atoms with Gasteiger partial charge in [-0.2, -0.15) is 0 Å². The predicted octanol–water partition coefficient (Wildman–Crippen LogP) is 1.78. The van der Waals surface area contributed by atoms with Crippen LogP contribution >= 0.6 is 0 Å². The first kappa shape index (κ1) is 12.8. The van der Waals surface area contributed by atoms with Crippen molar-refractivity contribution in [1.82, 2.24) is 4.98 Å². The summed E-state index contributed by atoms with van der Waals surface area (Å²) in [5.74, 6) is 0.938. The standard InChI is InChI=1S/C14H19N3O/c1-17(7-8-18-2)14-12(10-15)9-11-5-3-4-6-13(11)16-14/h3-6,9H,7-8,10,15H2,1-2H3. The summed E-state index contributed by atoms with van der Waals surface area (Å²) in [7, 11) is 3.71. The molecule has 2 aromatic rings. The molecule has 0 aliphatic carbocycles. The quantitative estimate of drug-likeness (QED) is 0.872. The van der Waals surface area contributed by atoms with Gasteiger partial charge in [-0.3, -0.25) is 0 Å². The summed E-state index contributed by atoms with van der Waals surface area (Å²) in [4.78, 5) is 6.77. The van der Waals surface area contributed by atoms with Crippen LogP contribution in [0.4, 0.5) is 5.82 Å². The highest BCUT2D eigenvalue weighted by Gasteiger charge is 2.09. The molecule has 0 spiro atoms. The molecule has 2 N–H and O–H groups in total. The van der Waals surface area contributed by atoms with E-state index in [4.69, 9.17) is 10.5 Å². The molecule has 18 heavy (non-hydrogen) atoms. The first-order chi connectivity index (χ1) is 8.76. The molecule has 0 aliphatic rings. The third-order valence-electron chi connectivity index (χ3n) is 2.99. The molecule has 0 saturated carbocycles. The Hall–Kier alpha value is -1.65. The van der Waals surface area contributed by atoms with Crippen LogP contribution < -0.4 is 10.6 Å². The topological polar surface area (TPSA) is 51.4 Å². The van der Waals surface area contributed by atoms with Crippen LogP contribution in [0.25, 0.3) is 10.9 Å². The minimum absolute atomic E-state index is 0.491. The first-order valence-corrected chi connectivity index (χ1v) is 6.05. The van der Waals surface area contributed by atoms with Crippen molar-refractivity contribution in [3.8, 4) is 0 Å². The molecule has 0 bridgehead atoms. The summed E-state index contributed by atoms with van der Waals surface area (Å²) in [5, 5.41) is 1.13. The number of likely N-dealkylation sites (N-methyl/N-ethyl adjacent to an activating group) is 1. The van der Waals surface area contributed by atoms with Gasteiger partial charge in [-0.05, 0) is 12.1 Å². The molecule has 0 fully saturated rings. The van der Waals surface area contributed by atoms with Gasteiger partial charge in [0.25, 0.3) is 0 Å². The minimum atomic E-state index is 0.491. The maximum atomic E-state index is 5.81. The number of hydrogen-bond acceptors (Lipinski definition) is 4. The van der Waals surface area contributed by atoms with Gasteiger partial charge in [-0.1, -0.05) is 18.2 Å². The van der Waals surface area contributed by atoms with Crippen molar-refractivity contribution in [3.05, 3.63) is 35.9 Å². The molecule has 1 aromatic heterocycles. The van der Waals surface area contributed by atoms with Crippen LogP contribution in [0.3, 0.4) is 0 Å². The second-order valence-corrected chi connectivity index (χ2v) is 4.28. The molecule has 0 aliphatic heterocycles. The Balaban J connectivity index is 2.41. The van der Waals surface area contributed by atoms with Gasteiger partial charge in [0.15, 0.2) is 0 Å². The first-order valence-electron chi connectivity index (χ1n) is 6.05. The molecule has 1 heterocycles. The van der Waals surface area contributed by atoms with Gasteiger partial charge in [0.05, 0.1) is 12.1 Å². The minimum Gasteiger partial charge on any atom is -0.383 e. The highest BCUT2D eigenvalue weighted by molar-refractivity contribution is 5.81. The summed E-state index contributed by atoms with van der Waals surface area (Å²) in [6, 6.07) is 10.2. The molecule has 0 atom stereocenters. The van der Waals surface area contributed by atoms with Crippen LogP contribution in [0.5, 0.6) is 0 Å². The molecular weight excluding hydrogens is 226 g/mol. The average molecular weight is 245 g/mol. The van der Waals surface area contributed by atoms with Crippen LogP contribution in [0.2, 0.25) is 0 Å². The van der Waals surface area contributed by atoms with Crippen LogP contribution in [-0.4, -0.2) is 32.3 Å². The number of para-hydroxylation sites is 1. The monoisotopic (exact) mass is 245 g/mol. The number of aromatic nitrogens is 1. The second-order valence-electron chi connectivity index (χ2n) is 4.28. The van der Waals surface area contributed by atoms with E-state index in [1.807, 2.05) is 25.2 Å². The smallest absolute Gasteiger partial charge is 0.133 e. The number of pyridine rings is 1. The number of rotatable bonds is 5. The number of hydrogen-bond donors (Lipinski definition) is 1. The fraction of sp³-hybridized carbons (Fsp3) is 0.357. The summed E-state index contributed by atoms with van der Waals surface area (Å²) in [6.45, 7) is 1.97. The number of methoxy groups -OCH3 is 1. The number of nitrogens with zero attached hydrogens (tertiary/aromatic N) is 2. The van der Waals surface area contributed by atoms with E-state index in [2.05, 4.69) is 22.0 Å².